The van der Waals surface area contributed by atoms with Crippen LogP contribution < -0.4 is 0 Å². The van der Waals surface area contributed by atoms with Crippen molar-refractivity contribution in [1.29, 1.82) is 0 Å². The third kappa shape index (κ3) is 5.31. The fraction of sp³-hybridized carbons (Fsp3) is 0.435. The predicted molar refractivity (Wildman–Crippen MR) is 119 cm³/mol. The third-order valence-corrected chi connectivity index (χ3v) is 6.15. The number of carbonyl (C=O) groups is 1. The number of hydrogen-bond donors (Lipinski definition) is 0. The van der Waals surface area contributed by atoms with Crippen LogP contribution in [0.25, 0.3) is 10.6 Å². The molecule has 1 amide bonds. The highest BCUT2D eigenvalue weighted by Crippen LogP contribution is 2.34. The van der Waals surface area contributed by atoms with Crippen LogP contribution >= 0.6 is 11.3 Å². The molecule has 0 saturated carbocycles. The lowest BCUT2D eigenvalue weighted by Gasteiger charge is -2.32. The van der Waals surface area contributed by atoms with Gasteiger partial charge in [-0.3, -0.25) is 4.68 Å². The highest BCUT2D eigenvalue weighted by molar-refractivity contribution is 7.13. The number of amides is 1. The lowest BCUT2D eigenvalue weighted by Crippen LogP contribution is -2.41. The zero-order valence-electron chi connectivity index (χ0n) is 18.0. The van der Waals surface area contributed by atoms with E-state index in [1.165, 1.54) is 17.4 Å². The van der Waals surface area contributed by atoms with Crippen LogP contribution in [-0.4, -0.2) is 44.4 Å². The molecule has 0 unspecified atom stereocenters. The van der Waals surface area contributed by atoms with Gasteiger partial charge < -0.3 is 9.64 Å². The largest absolute Gasteiger partial charge is 0.444 e. The Balaban J connectivity index is 1.43. The van der Waals surface area contributed by atoms with Crippen LogP contribution in [0.1, 0.15) is 50.8 Å². The second-order valence-corrected chi connectivity index (χ2v) is 9.70. The van der Waals surface area contributed by atoms with Gasteiger partial charge in [-0.25, -0.2) is 14.2 Å². The van der Waals surface area contributed by atoms with E-state index in [2.05, 4.69) is 5.10 Å². The number of likely N-dealkylation sites (tertiary alicyclic amines) is 1. The van der Waals surface area contributed by atoms with E-state index >= 15 is 0 Å². The van der Waals surface area contributed by atoms with Gasteiger partial charge in [0.1, 0.15) is 16.4 Å². The molecule has 0 radical (unpaired) electrons. The number of ether oxygens (including phenoxy) is 1. The first-order valence-corrected chi connectivity index (χ1v) is 11.4. The minimum absolute atomic E-state index is 0.263. The monoisotopic (exact) mass is 442 g/mol. The summed E-state index contributed by atoms with van der Waals surface area (Å²) in [7, 11) is 0. The van der Waals surface area contributed by atoms with Crippen molar-refractivity contribution in [2.24, 2.45) is 0 Å². The second-order valence-electron chi connectivity index (χ2n) is 8.84. The van der Waals surface area contributed by atoms with Gasteiger partial charge in [0, 0.05) is 42.3 Å². The van der Waals surface area contributed by atoms with Crippen molar-refractivity contribution in [3.05, 3.63) is 59.1 Å². The Hall–Kier alpha value is -2.74. The highest BCUT2D eigenvalue weighted by atomic mass is 32.1. The number of carbonyl (C=O) groups excluding carboxylic acids is 1. The summed E-state index contributed by atoms with van der Waals surface area (Å²) in [4.78, 5) is 18.8. The smallest absolute Gasteiger partial charge is 0.410 e. The Bertz CT molecular complexity index is 1030. The first kappa shape index (κ1) is 21.5. The Morgan fingerprint density at radius 3 is 2.74 bits per heavy atom. The summed E-state index contributed by atoms with van der Waals surface area (Å²) < 4.78 is 21.8. The van der Waals surface area contributed by atoms with E-state index in [4.69, 9.17) is 9.72 Å². The molecule has 1 aliphatic heterocycles. The number of rotatable bonds is 4. The van der Waals surface area contributed by atoms with E-state index in [1.54, 1.807) is 17.2 Å². The van der Waals surface area contributed by atoms with Crippen molar-refractivity contribution >= 4 is 17.4 Å². The summed E-state index contributed by atoms with van der Waals surface area (Å²) in [5.41, 5.74) is 1.98. The molecule has 0 N–H and O–H groups in total. The molecule has 0 atom stereocenters. The number of piperidine rings is 1. The molecular weight excluding hydrogens is 415 g/mol. The number of halogens is 1. The lowest BCUT2D eigenvalue weighted by atomic mass is 9.94. The molecule has 8 heteroatoms. The summed E-state index contributed by atoms with van der Waals surface area (Å²) in [5, 5.41) is 6.91. The van der Waals surface area contributed by atoms with Gasteiger partial charge in [-0.15, -0.1) is 11.3 Å². The molecule has 164 valence electrons. The summed E-state index contributed by atoms with van der Waals surface area (Å²) in [6.45, 7) is 7.48. The molecule has 1 fully saturated rings. The van der Waals surface area contributed by atoms with Crippen LogP contribution in [0.2, 0.25) is 0 Å². The summed E-state index contributed by atoms with van der Waals surface area (Å²) in [6, 6.07) is 6.99. The van der Waals surface area contributed by atoms with Crippen LogP contribution in [0.15, 0.2) is 42.0 Å². The third-order valence-electron chi connectivity index (χ3n) is 5.25. The van der Waals surface area contributed by atoms with E-state index < -0.39 is 5.60 Å². The van der Waals surface area contributed by atoms with Crippen molar-refractivity contribution in [3.8, 4) is 10.6 Å². The van der Waals surface area contributed by atoms with E-state index in [0.717, 1.165) is 24.1 Å². The van der Waals surface area contributed by atoms with Gasteiger partial charge in [0.15, 0.2) is 0 Å². The van der Waals surface area contributed by atoms with Crippen LogP contribution in [0.3, 0.4) is 0 Å². The number of hydrogen-bond acceptors (Lipinski definition) is 5. The van der Waals surface area contributed by atoms with Gasteiger partial charge in [-0.05, 0) is 57.4 Å². The van der Waals surface area contributed by atoms with Crippen molar-refractivity contribution in [2.45, 2.75) is 51.7 Å². The molecule has 0 bridgehead atoms. The van der Waals surface area contributed by atoms with E-state index in [-0.39, 0.29) is 17.8 Å². The maximum absolute atomic E-state index is 14.5. The fourth-order valence-corrected chi connectivity index (χ4v) is 4.62. The number of nitrogens with zero attached hydrogens (tertiary/aromatic N) is 4. The Labute approximate surface area is 185 Å². The molecule has 1 aromatic carbocycles. The lowest BCUT2D eigenvalue weighted by molar-refractivity contribution is 0.0204. The van der Waals surface area contributed by atoms with Crippen molar-refractivity contribution in [2.75, 3.05) is 13.1 Å². The summed E-state index contributed by atoms with van der Waals surface area (Å²) in [6.07, 6.45) is 5.00. The number of benzene rings is 1. The van der Waals surface area contributed by atoms with Gasteiger partial charge in [-0.1, -0.05) is 6.07 Å². The molecule has 6 nitrogen and oxygen atoms in total. The molecular formula is C23H27FN4O2S. The molecule has 1 aliphatic rings. The first-order chi connectivity index (χ1) is 14.8. The Kier molecular flexibility index (Phi) is 6.09. The van der Waals surface area contributed by atoms with E-state index in [0.29, 0.717) is 30.2 Å². The maximum atomic E-state index is 14.5. The van der Waals surface area contributed by atoms with E-state index in [1.807, 2.05) is 49.2 Å². The molecule has 0 spiro atoms. The van der Waals surface area contributed by atoms with Crippen molar-refractivity contribution in [1.82, 2.24) is 19.7 Å². The fourth-order valence-electron chi connectivity index (χ4n) is 3.70. The molecule has 2 aromatic heterocycles. The summed E-state index contributed by atoms with van der Waals surface area (Å²) in [5.74, 6) is -0.0103. The maximum Gasteiger partial charge on any atom is 0.410 e. The van der Waals surface area contributed by atoms with Gasteiger partial charge in [0.2, 0.25) is 0 Å². The topological polar surface area (TPSA) is 60.2 Å². The van der Waals surface area contributed by atoms with Crippen LogP contribution in [0.5, 0.6) is 0 Å². The molecule has 0 aliphatic carbocycles. The zero-order valence-corrected chi connectivity index (χ0v) is 18.9. The minimum Gasteiger partial charge on any atom is -0.444 e. The van der Waals surface area contributed by atoms with Gasteiger partial charge in [-0.2, -0.15) is 5.10 Å². The minimum atomic E-state index is -0.492. The second kappa shape index (κ2) is 8.78. The molecule has 31 heavy (non-hydrogen) atoms. The quantitative estimate of drug-likeness (QED) is 0.549. The van der Waals surface area contributed by atoms with E-state index in [9.17, 15) is 9.18 Å². The van der Waals surface area contributed by atoms with Crippen LogP contribution in [0.4, 0.5) is 9.18 Å². The molecule has 4 rings (SSSR count). The summed E-state index contributed by atoms with van der Waals surface area (Å²) >= 11 is 1.46. The van der Waals surface area contributed by atoms with Crippen molar-refractivity contribution < 1.29 is 13.9 Å². The average molecular weight is 443 g/mol. The first-order valence-electron chi connectivity index (χ1n) is 10.5. The highest BCUT2D eigenvalue weighted by Gasteiger charge is 2.28. The average Bonchev–Trinajstić information content (AvgIpc) is 3.40. The Morgan fingerprint density at radius 2 is 2.06 bits per heavy atom. The Morgan fingerprint density at radius 1 is 1.29 bits per heavy atom. The predicted octanol–water partition coefficient (Wildman–Crippen LogP) is 5.31. The van der Waals surface area contributed by atoms with Crippen molar-refractivity contribution in [3.63, 3.8) is 0 Å². The molecule has 3 heterocycles. The molecule has 3 aromatic rings. The van der Waals surface area contributed by atoms with Gasteiger partial charge in [0.25, 0.3) is 0 Å². The SMILES string of the molecule is CC(C)(C)OC(=O)N1CCC(c2csc(-c3cc(Cn4cccn4)ccc3F)n2)CC1. The van der Waals surface area contributed by atoms with Crippen LogP contribution in [0, 0.1) is 5.82 Å². The molecule has 1 saturated heterocycles. The number of thiazole rings is 1. The van der Waals surface area contributed by atoms with Crippen LogP contribution in [-0.2, 0) is 11.3 Å². The number of aromatic nitrogens is 3. The zero-order chi connectivity index (χ0) is 22.0. The standard InChI is InChI=1S/C23H27FN4O2S/c1-23(2,3)30-22(29)27-11-7-17(8-12-27)20-15-31-21(26-20)18-13-16(5-6-19(18)24)14-28-10-4-9-25-28/h4-6,9-10,13,15,17H,7-8,11-12,14H2,1-3H3. The van der Waals surface area contributed by atoms with Gasteiger partial charge in [0.05, 0.1) is 12.2 Å². The normalized spacial score (nSPS) is 15.3. The van der Waals surface area contributed by atoms with Gasteiger partial charge >= 0.3 is 6.09 Å².